The molecule has 1 atom stereocenters. The number of nitrogens with one attached hydrogen (secondary N) is 2. The maximum Gasteiger partial charge on any atom is 0.242 e. The van der Waals surface area contributed by atoms with E-state index >= 15 is 0 Å². The Morgan fingerprint density at radius 3 is 3.00 bits per heavy atom. The number of carbonyl (C=O) groups excluding carboxylic acids is 1. The largest absolute Gasteiger partial charge is 0.348 e. The predicted molar refractivity (Wildman–Crippen MR) is 88.2 cm³/mol. The molecule has 124 valence electrons. The summed E-state index contributed by atoms with van der Waals surface area (Å²) < 4.78 is 0. The Bertz CT molecular complexity index is 665. The van der Waals surface area contributed by atoms with Crippen molar-refractivity contribution in [3.8, 4) is 0 Å². The Morgan fingerprint density at radius 1 is 1.39 bits per heavy atom. The third-order valence-electron chi connectivity index (χ3n) is 4.20. The second-order valence-corrected chi connectivity index (χ2v) is 5.89. The van der Waals surface area contributed by atoms with E-state index in [0.717, 1.165) is 38.0 Å². The van der Waals surface area contributed by atoms with Gasteiger partial charge in [-0.1, -0.05) is 6.92 Å². The Kier molecular flexibility index (Phi) is 4.71. The topological polar surface area (TPSA) is 90.0 Å². The molecule has 3 heterocycles. The molecule has 0 aliphatic carbocycles. The smallest absolute Gasteiger partial charge is 0.242 e. The highest BCUT2D eigenvalue weighted by molar-refractivity contribution is 5.87. The van der Waals surface area contributed by atoms with Gasteiger partial charge in [-0.15, -0.1) is 0 Å². The van der Waals surface area contributed by atoms with Crippen LogP contribution in [0.1, 0.15) is 19.8 Å². The maximum absolute atomic E-state index is 12.8. The molecule has 2 N–H and O–H groups in total. The van der Waals surface area contributed by atoms with E-state index in [1.807, 2.05) is 16.8 Å². The number of rotatable bonds is 6. The number of nitrogens with zero attached hydrogens (tertiary/aromatic N) is 5. The summed E-state index contributed by atoms with van der Waals surface area (Å²) in [6.07, 6.45) is 5.05. The van der Waals surface area contributed by atoms with Crippen LogP contribution in [0.15, 0.2) is 12.7 Å². The molecule has 2 aromatic heterocycles. The van der Waals surface area contributed by atoms with Crippen molar-refractivity contribution in [1.82, 2.24) is 30.2 Å². The molecule has 1 amide bonds. The first-order chi connectivity index (χ1) is 11.2. The van der Waals surface area contributed by atoms with Crippen LogP contribution >= 0.6 is 0 Å². The van der Waals surface area contributed by atoms with Crippen LogP contribution in [0.5, 0.6) is 0 Å². The number of H-pyrrole nitrogens is 1. The number of anilines is 1. The summed E-state index contributed by atoms with van der Waals surface area (Å²) in [5.74, 6) is 0.830. The SMILES string of the molecule is CCCN(C(=O)CN(C)c1ncnc2nc[nH]c12)C1CCNC1. The van der Waals surface area contributed by atoms with Crippen LogP contribution in [0.2, 0.25) is 0 Å². The molecule has 1 unspecified atom stereocenters. The van der Waals surface area contributed by atoms with Crippen molar-refractivity contribution in [1.29, 1.82) is 0 Å². The molecule has 1 aliphatic heterocycles. The lowest BCUT2D eigenvalue weighted by Gasteiger charge is -2.30. The van der Waals surface area contributed by atoms with Gasteiger partial charge in [0.15, 0.2) is 11.5 Å². The molecule has 0 bridgehead atoms. The molecule has 0 radical (unpaired) electrons. The number of aromatic amines is 1. The number of fused-ring (bicyclic) bond motifs is 1. The second-order valence-electron chi connectivity index (χ2n) is 5.89. The van der Waals surface area contributed by atoms with Crippen LogP contribution < -0.4 is 10.2 Å². The van der Waals surface area contributed by atoms with Crippen molar-refractivity contribution in [3.63, 3.8) is 0 Å². The molecule has 1 aliphatic rings. The highest BCUT2D eigenvalue weighted by Gasteiger charge is 2.27. The first-order valence-corrected chi connectivity index (χ1v) is 8.06. The minimum atomic E-state index is 0.134. The van der Waals surface area contributed by atoms with Crippen molar-refractivity contribution in [2.24, 2.45) is 0 Å². The first-order valence-electron chi connectivity index (χ1n) is 8.06. The van der Waals surface area contributed by atoms with Crippen LogP contribution in [-0.2, 0) is 4.79 Å². The van der Waals surface area contributed by atoms with Crippen molar-refractivity contribution >= 4 is 22.9 Å². The van der Waals surface area contributed by atoms with E-state index in [1.54, 1.807) is 6.33 Å². The third kappa shape index (κ3) is 3.26. The van der Waals surface area contributed by atoms with Crippen molar-refractivity contribution < 1.29 is 4.79 Å². The number of aromatic nitrogens is 4. The fourth-order valence-corrected chi connectivity index (χ4v) is 3.07. The van der Waals surface area contributed by atoms with Gasteiger partial charge >= 0.3 is 0 Å². The fourth-order valence-electron chi connectivity index (χ4n) is 3.07. The zero-order valence-corrected chi connectivity index (χ0v) is 13.6. The monoisotopic (exact) mass is 317 g/mol. The van der Waals surface area contributed by atoms with E-state index in [1.165, 1.54) is 6.33 Å². The molecule has 0 saturated carbocycles. The Labute approximate surface area is 135 Å². The number of imidazole rings is 1. The molecule has 1 fully saturated rings. The summed E-state index contributed by atoms with van der Waals surface area (Å²) in [6, 6.07) is 0.299. The average Bonchev–Trinajstić information content (AvgIpc) is 3.22. The summed E-state index contributed by atoms with van der Waals surface area (Å²) in [7, 11) is 1.87. The molecule has 0 aromatic carbocycles. The fraction of sp³-hybridized carbons (Fsp3) is 0.600. The highest BCUT2D eigenvalue weighted by Crippen LogP contribution is 2.19. The number of likely N-dealkylation sites (N-methyl/N-ethyl adjacent to an activating group) is 1. The summed E-state index contributed by atoms with van der Waals surface area (Å²) in [4.78, 5) is 32.2. The summed E-state index contributed by atoms with van der Waals surface area (Å²) in [5.41, 5.74) is 1.37. The van der Waals surface area contributed by atoms with Crippen LogP contribution in [-0.4, -0.2) is 70.0 Å². The third-order valence-corrected chi connectivity index (χ3v) is 4.20. The number of amides is 1. The van der Waals surface area contributed by atoms with Gasteiger partial charge in [0.2, 0.25) is 5.91 Å². The molecule has 3 rings (SSSR count). The van der Waals surface area contributed by atoms with Gasteiger partial charge in [0.05, 0.1) is 12.9 Å². The van der Waals surface area contributed by atoms with Gasteiger partial charge in [-0.3, -0.25) is 4.79 Å². The molecule has 2 aromatic rings. The van der Waals surface area contributed by atoms with Crippen molar-refractivity contribution in [2.45, 2.75) is 25.8 Å². The molecular weight excluding hydrogens is 294 g/mol. The second kappa shape index (κ2) is 6.91. The summed E-state index contributed by atoms with van der Waals surface area (Å²) in [5, 5.41) is 3.33. The van der Waals surface area contributed by atoms with Crippen LogP contribution in [0.3, 0.4) is 0 Å². The van der Waals surface area contributed by atoms with Crippen LogP contribution in [0, 0.1) is 0 Å². The highest BCUT2D eigenvalue weighted by atomic mass is 16.2. The zero-order chi connectivity index (χ0) is 16.2. The number of hydrogen-bond acceptors (Lipinski definition) is 6. The lowest BCUT2D eigenvalue weighted by molar-refractivity contribution is -0.131. The normalized spacial score (nSPS) is 17.6. The first kappa shape index (κ1) is 15.7. The number of hydrogen-bond donors (Lipinski definition) is 2. The van der Waals surface area contributed by atoms with Gasteiger partial charge in [0.1, 0.15) is 11.8 Å². The lowest BCUT2D eigenvalue weighted by atomic mass is 10.2. The minimum Gasteiger partial charge on any atom is -0.348 e. The predicted octanol–water partition coefficient (Wildman–Crippen LogP) is 0.390. The van der Waals surface area contributed by atoms with E-state index in [9.17, 15) is 4.79 Å². The van der Waals surface area contributed by atoms with Gasteiger partial charge in [0, 0.05) is 26.2 Å². The molecule has 0 spiro atoms. The van der Waals surface area contributed by atoms with Gasteiger partial charge < -0.3 is 20.1 Å². The lowest BCUT2D eigenvalue weighted by Crippen LogP contribution is -2.46. The number of carbonyl (C=O) groups is 1. The van der Waals surface area contributed by atoms with Crippen LogP contribution in [0.25, 0.3) is 11.2 Å². The van der Waals surface area contributed by atoms with E-state index in [4.69, 9.17) is 0 Å². The molecule has 23 heavy (non-hydrogen) atoms. The maximum atomic E-state index is 12.8. The molecule has 8 heteroatoms. The van der Waals surface area contributed by atoms with Gasteiger partial charge in [-0.2, -0.15) is 0 Å². The molecular formula is C15H23N7O. The summed E-state index contributed by atoms with van der Waals surface area (Å²) in [6.45, 7) is 5.05. The van der Waals surface area contributed by atoms with E-state index in [-0.39, 0.29) is 5.91 Å². The van der Waals surface area contributed by atoms with Gasteiger partial charge in [-0.05, 0) is 19.4 Å². The van der Waals surface area contributed by atoms with Gasteiger partial charge in [0.25, 0.3) is 0 Å². The van der Waals surface area contributed by atoms with E-state index in [2.05, 4.69) is 32.2 Å². The molecule has 1 saturated heterocycles. The summed E-state index contributed by atoms with van der Waals surface area (Å²) >= 11 is 0. The Hall–Kier alpha value is -2.22. The van der Waals surface area contributed by atoms with Gasteiger partial charge in [-0.25, -0.2) is 15.0 Å². The van der Waals surface area contributed by atoms with Crippen LogP contribution in [0.4, 0.5) is 5.82 Å². The van der Waals surface area contributed by atoms with E-state index < -0.39 is 0 Å². The standard InChI is InChI=1S/C15H23N7O/c1-3-6-22(11-4-5-16-7-11)12(23)8-21(2)15-13-14(18-9-17-13)19-10-20-15/h9-11,16H,3-8H2,1-2H3,(H,17,18,19,20). The quantitative estimate of drug-likeness (QED) is 0.801. The zero-order valence-electron chi connectivity index (χ0n) is 13.6. The average molecular weight is 317 g/mol. The Balaban J connectivity index is 1.73. The Morgan fingerprint density at radius 2 is 2.26 bits per heavy atom. The van der Waals surface area contributed by atoms with E-state index in [0.29, 0.717) is 24.1 Å². The minimum absolute atomic E-state index is 0.134. The van der Waals surface area contributed by atoms with Crippen molar-refractivity contribution in [2.75, 3.05) is 38.1 Å². The molecule has 8 nitrogen and oxygen atoms in total. The van der Waals surface area contributed by atoms with Crippen molar-refractivity contribution in [3.05, 3.63) is 12.7 Å².